The number of benzene rings is 3. The van der Waals surface area contributed by atoms with Gasteiger partial charge in [0.2, 0.25) is 5.91 Å². The van der Waals surface area contributed by atoms with E-state index in [9.17, 15) is 4.79 Å². The Hall–Kier alpha value is -3.09. The molecule has 156 valence electrons. The first kappa shape index (κ1) is 21.2. The van der Waals surface area contributed by atoms with Crippen LogP contribution in [0.15, 0.2) is 78.0 Å². The lowest BCUT2D eigenvalue weighted by atomic mass is 10.2. The van der Waals surface area contributed by atoms with Crippen molar-refractivity contribution in [3.8, 4) is 17.1 Å². The normalized spacial score (nSPS) is 10.8. The minimum atomic E-state index is -0.0953. The van der Waals surface area contributed by atoms with E-state index in [2.05, 4.69) is 15.5 Å². The van der Waals surface area contributed by atoms with E-state index in [0.717, 1.165) is 28.1 Å². The first-order chi connectivity index (χ1) is 15.0. The highest BCUT2D eigenvalue weighted by Gasteiger charge is 2.18. The molecule has 0 aliphatic rings. The number of nitrogens with one attached hydrogen (secondary N) is 1. The third-order valence-corrected chi connectivity index (χ3v) is 5.92. The zero-order valence-electron chi connectivity index (χ0n) is 17.2. The van der Waals surface area contributed by atoms with Gasteiger partial charge in [-0.15, -0.1) is 10.2 Å². The van der Waals surface area contributed by atoms with E-state index in [1.807, 2.05) is 91.2 Å². The van der Waals surface area contributed by atoms with E-state index < -0.39 is 0 Å². The summed E-state index contributed by atoms with van der Waals surface area (Å²) in [4.78, 5) is 12.5. The predicted octanol–water partition coefficient (Wildman–Crippen LogP) is 5.94. The minimum Gasteiger partial charge on any atom is -0.325 e. The van der Waals surface area contributed by atoms with Crippen LogP contribution in [0.3, 0.4) is 0 Å². The van der Waals surface area contributed by atoms with Crippen LogP contribution in [-0.2, 0) is 4.79 Å². The molecule has 0 aliphatic heterocycles. The number of halogens is 1. The Morgan fingerprint density at radius 2 is 1.77 bits per heavy atom. The molecule has 4 aromatic rings. The number of hydrogen-bond donors (Lipinski definition) is 1. The molecule has 0 aliphatic carbocycles. The fourth-order valence-electron chi connectivity index (χ4n) is 3.13. The van der Waals surface area contributed by atoms with Crippen molar-refractivity contribution in [3.63, 3.8) is 0 Å². The average molecular weight is 449 g/mol. The summed E-state index contributed by atoms with van der Waals surface area (Å²) in [5.41, 5.74) is 4.77. The van der Waals surface area contributed by atoms with E-state index >= 15 is 0 Å². The number of amides is 1. The standard InChI is InChI=1S/C24H21ClN4OS/c1-16-10-12-20(13-11-16)29-23(18-7-5-8-19(25)14-18)27-28-24(29)31-15-22(30)26-21-9-4-3-6-17(21)2/h3-14H,15H2,1-2H3,(H,26,30). The highest BCUT2D eigenvalue weighted by Crippen LogP contribution is 2.29. The maximum absolute atomic E-state index is 12.5. The Morgan fingerprint density at radius 3 is 2.52 bits per heavy atom. The number of para-hydroxylation sites is 1. The number of carbonyl (C=O) groups is 1. The highest BCUT2D eigenvalue weighted by atomic mass is 35.5. The van der Waals surface area contributed by atoms with Crippen LogP contribution in [0.1, 0.15) is 11.1 Å². The molecule has 0 unspecified atom stereocenters. The van der Waals surface area contributed by atoms with Crippen LogP contribution < -0.4 is 5.32 Å². The second-order valence-electron chi connectivity index (χ2n) is 7.14. The average Bonchev–Trinajstić information content (AvgIpc) is 3.18. The fraction of sp³-hybridized carbons (Fsp3) is 0.125. The van der Waals surface area contributed by atoms with Gasteiger partial charge in [-0.3, -0.25) is 9.36 Å². The van der Waals surface area contributed by atoms with Crippen molar-refractivity contribution in [2.75, 3.05) is 11.1 Å². The van der Waals surface area contributed by atoms with Gasteiger partial charge in [-0.2, -0.15) is 0 Å². The molecule has 0 radical (unpaired) electrons. The van der Waals surface area contributed by atoms with Gasteiger partial charge in [-0.05, 0) is 49.7 Å². The van der Waals surface area contributed by atoms with Crippen LogP contribution >= 0.6 is 23.4 Å². The third kappa shape index (κ3) is 4.98. The van der Waals surface area contributed by atoms with Crippen molar-refractivity contribution in [2.45, 2.75) is 19.0 Å². The summed E-state index contributed by atoms with van der Waals surface area (Å²) >= 11 is 7.54. The van der Waals surface area contributed by atoms with Gasteiger partial charge in [0.25, 0.3) is 0 Å². The van der Waals surface area contributed by atoms with Crippen LogP contribution in [0.4, 0.5) is 5.69 Å². The van der Waals surface area contributed by atoms with Crippen LogP contribution in [0, 0.1) is 13.8 Å². The van der Waals surface area contributed by atoms with Gasteiger partial charge >= 0.3 is 0 Å². The monoisotopic (exact) mass is 448 g/mol. The number of anilines is 1. The molecule has 4 rings (SSSR count). The van der Waals surface area contributed by atoms with E-state index in [0.29, 0.717) is 16.0 Å². The summed E-state index contributed by atoms with van der Waals surface area (Å²) < 4.78 is 1.96. The van der Waals surface area contributed by atoms with E-state index in [1.165, 1.54) is 11.8 Å². The number of carbonyl (C=O) groups excluding carboxylic acids is 1. The van der Waals surface area contributed by atoms with E-state index in [-0.39, 0.29) is 11.7 Å². The molecule has 0 spiro atoms. The number of hydrogen-bond acceptors (Lipinski definition) is 4. The van der Waals surface area contributed by atoms with Crippen LogP contribution in [0.5, 0.6) is 0 Å². The van der Waals surface area contributed by atoms with Crippen molar-refractivity contribution in [1.82, 2.24) is 14.8 Å². The lowest BCUT2D eigenvalue weighted by molar-refractivity contribution is -0.113. The molecule has 0 fully saturated rings. The van der Waals surface area contributed by atoms with Crippen LogP contribution in [0.2, 0.25) is 5.02 Å². The van der Waals surface area contributed by atoms with Gasteiger partial charge in [0.1, 0.15) is 0 Å². The van der Waals surface area contributed by atoms with Crippen molar-refractivity contribution in [3.05, 3.63) is 88.9 Å². The summed E-state index contributed by atoms with van der Waals surface area (Å²) in [5.74, 6) is 0.795. The maximum atomic E-state index is 12.5. The topological polar surface area (TPSA) is 59.8 Å². The summed E-state index contributed by atoms with van der Waals surface area (Å²) in [7, 11) is 0. The number of thioether (sulfide) groups is 1. The van der Waals surface area contributed by atoms with Crippen LogP contribution in [0.25, 0.3) is 17.1 Å². The molecule has 1 amide bonds. The minimum absolute atomic E-state index is 0.0953. The highest BCUT2D eigenvalue weighted by molar-refractivity contribution is 7.99. The Morgan fingerprint density at radius 1 is 1.00 bits per heavy atom. The lowest BCUT2D eigenvalue weighted by Crippen LogP contribution is -2.15. The number of nitrogens with zero attached hydrogens (tertiary/aromatic N) is 3. The molecule has 3 aromatic carbocycles. The molecule has 0 saturated carbocycles. The van der Waals surface area contributed by atoms with Gasteiger partial charge in [0.05, 0.1) is 5.75 Å². The Balaban J connectivity index is 1.62. The molecule has 1 aromatic heterocycles. The number of rotatable bonds is 6. The van der Waals surface area contributed by atoms with E-state index in [1.54, 1.807) is 0 Å². The lowest BCUT2D eigenvalue weighted by Gasteiger charge is -2.11. The van der Waals surface area contributed by atoms with Crippen LogP contribution in [-0.4, -0.2) is 26.4 Å². The van der Waals surface area contributed by atoms with E-state index in [4.69, 9.17) is 11.6 Å². The third-order valence-electron chi connectivity index (χ3n) is 4.76. The van der Waals surface area contributed by atoms with Gasteiger partial charge in [0, 0.05) is 22.0 Å². The molecular weight excluding hydrogens is 428 g/mol. The fourth-order valence-corrected chi connectivity index (χ4v) is 4.08. The number of aryl methyl sites for hydroxylation is 2. The predicted molar refractivity (Wildman–Crippen MR) is 127 cm³/mol. The molecular formula is C24H21ClN4OS. The summed E-state index contributed by atoms with van der Waals surface area (Å²) in [5, 5.41) is 13.0. The molecule has 1 N–H and O–H groups in total. The molecule has 0 saturated heterocycles. The summed E-state index contributed by atoms with van der Waals surface area (Å²) in [6.45, 7) is 4.01. The smallest absolute Gasteiger partial charge is 0.234 e. The summed E-state index contributed by atoms with van der Waals surface area (Å²) in [6, 6.07) is 23.3. The quantitative estimate of drug-likeness (QED) is 0.371. The van der Waals surface area contributed by atoms with Crippen molar-refractivity contribution < 1.29 is 4.79 Å². The molecule has 0 bridgehead atoms. The first-order valence-corrected chi connectivity index (χ1v) is 11.1. The Bertz CT molecular complexity index is 1220. The molecule has 5 nitrogen and oxygen atoms in total. The second-order valence-corrected chi connectivity index (χ2v) is 8.52. The van der Waals surface area contributed by atoms with Crippen molar-refractivity contribution in [1.29, 1.82) is 0 Å². The summed E-state index contributed by atoms with van der Waals surface area (Å²) in [6.07, 6.45) is 0. The second kappa shape index (κ2) is 9.37. The van der Waals surface area contributed by atoms with Gasteiger partial charge in [-0.25, -0.2) is 0 Å². The zero-order valence-corrected chi connectivity index (χ0v) is 18.7. The Kier molecular flexibility index (Phi) is 6.39. The zero-order chi connectivity index (χ0) is 21.8. The van der Waals surface area contributed by atoms with Gasteiger partial charge < -0.3 is 5.32 Å². The van der Waals surface area contributed by atoms with Gasteiger partial charge in [-0.1, -0.05) is 71.4 Å². The molecule has 7 heteroatoms. The molecule has 31 heavy (non-hydrogen) atoms. The van der Waals surface area contributed by atoms with Crippen molar-refractivity contribution in [2.24, 2.45) is 0 Å². The Labute approximate surface area is 190 Å². The maximum Gasteiger partial charge on any atom is 0.234 e. The molecule has 0 atom stereocenters. The SMILES string of the molecule is Cc1ccc(-n2c(SCC(=O)Nc3ccccc3C)nnc2-c2cccc(Cl)c2)cc1. The molecule has 1 heterocycles. The largest absolute Gasteiger partial charge is 0.325 e. The van der Waals surface area contributed by atoms with Crippen molar-refractivity contribution >= 4 is 35.0 Å². The van der Waals surface area contributed by atoms with Gasteiger partial charge in [0.15, 0.2) is 11.0 Å². The first-order valence-electron chi connectivity index (χ1n) is 9.78. The number of aromatic nitrogens is 3.